The first-order chi connectivity index (χ1) is 10.1. The Morgan fingerprint density at radius 2 is 1.81 bits per heavy atom. The van der Waals surface area contributed by atoms with Crippen LogP contribution in [-0.4, -0.2) is 43.1 Å². The highest BCUT2D eigenvalue weighted by molar-refractivity contribution is 6.20. The molecule has 0 saturated heterocycles. The molecule has 0 radical (unpaired) electrons. The van der Waals surface area contributed by atoms with Crippen LogP contribution in [0.25, 0.3) is 0 Å². The molecule has 1 aromatic carbocycles. The highest BCUT2D eigenvalue weighted by Gasteiger charge is 2.38. The maximum Gasteiger partial charge on any atom is 0.356 e. The molecule has 0 bridgehead atoms. The van der Waals surface area contributed by atoms with Gasteiger partial charge in [-0.05, 0) is 24.3 Å². The Kier molecular flexibility index (Phi) is 2.94. The van der Waals surface area contributed by atoms with E-state index in [-0.39, 0.29) is 17.7 Å². The van der Waals surface area contributed by atoms with Crippen LogP contribution in [0.15, 0.2) is 24.3 Å². The largest absolute Gasteiger partial charge is 0.356 e. The lowest BCUT2D eigenvalue weighted by atomic mass is 10.1. The average molecular weight is 287 g/mol. The zero-order valence-electron chi connectivity index (χ0n) is 10.9. The zero-order valence-corrected chi connectivity index (χ0v) is 10.9. The molecule has 21 heavy (non-hydrogen) atoms. The molecular weight excluding hydrogens is 278 g/mol. The number of aromatic nitrogens is 4. The molecule has 9 nitrogen and oxygen atoms in total. The molecule has 0 N–H and O–H groups in total. The third kappa shape index (κ3) is 2.24. The SMILES string of the molecule is Cc1nnn(CC(=O)ON2C(=O)c3ccccc3C2=O)n1. The molecule has 2 heterocycles. The third-order valence-corrected chi connectivity index (χ3v) is 2.77. The van der Waals surface area contributed by atoms with Gasteiger partial charge in [0, 0.05) is 0 Å². The number of amides is 2. The number of fused-ring (bicyclic) bond motifs is 1. The molecule has 106 valence electrons. The fourth-order valence-corrected chi connectivity index (χ4v) is 1.89. The van der Waals surface area contributed by atoms with Gasteiger partial charge in [0.15, 0.2) is 12.4 Å². The van der Waals surface area contributed by atoms with E-state index >= 15 is 0 Å². The van der Waals surface area contributed by atoms with Crippen molar-refractivity contribution in [2.45, 2.75) is 13.5 Å². The Labute approximate surface area is 118 Å². The summed E-state index contributed by atoms with van der Waals surface area (Å²) in [6, 6.07) is 6.23. The van der Waals surface area contributed by atoms with Crippen molar-refractivity contribution >= 4 is 17.8 Å². The molecule has 0 unspecified atom stereocenters. The zero-order chi connectivity index (χ0) is 15.0. The summed E-state index contributed by atoms with van der Waals surface area (Å²) < 4.78 is 0. The monoisotopic (exact) mass is 287 g/mol. The second-order valence-corrected chi connectivity index (χ2v) is 4.28. The van der Waals surface area contributed by atoms with Crippen LogP contribution in [0.4, 0.5) is 0 Å². The predicted octanol–water partition coefficient (Wildman–Crippen LogP) is -0.264. The van der Waals surface area contributed by atoms with Gasteiger partial charge in [0.05, 0.1) is 11.1 Å². The summed E-state index contributed by atoms with van der Waals surface area (Å²) in [6.07, 6.45) is 0. The van der Waals surface area contributed by atoms with Crippen molar-refractivity contribution in [3.8, 4) is 0 Å². The van der Waals surface area contributed by atoms with Gasteiger partial charge in [-0.15, -0.1) is 10.2 Å². The minimum Gasteiger partial charge on any atom is -0.328 e. The smallest absolute Gasteiger partial charge is 0.328 e. The molecule has 0 spiro atoms. The average Bonchev–Trinajstić information content (AvgIpc) is 2.97. The Morgan fingerprint density at radius 3 is 2.33 bits per heavy atom. The summed E-state index contributed by atoms with van der Waals surface area (Å²) in [6.45, 7) is 1.26. The van der Waals surface area contributed by atoms with Gasteiger partial charge in [0.25, 0.3) is 11.8 Å². The fourth-order valence-electron chi connectivity index (χ4n) is 1.89. The van der Waals surface area contributed by atoms with Crippen LogP contribution in [0.2, 0.25) is 0 Å². The summed E-state index contributed by atoms with van der Waals surface area (Å²) in [5.41, 5.74) is 0.398. The van der Waals surface area contributed by atoms with Crippen LogP contribution < -0.4 is 0 Å². The summed E-state index contributed by atoms with van der Waals surface area (Å²) in [5, 5.41) is 11.4. The van der Waals surface area contributed by atoms with E-state index in [1.807, 2.05) is 0 Å². The lowest BCUT2D eigenvalue weighted by molar-refractivity contribution is -0.169. The van der Waals surface area contributed by atoms with E-state index in [1.54, 1.807) is 19.1 Å². The van der Waals surface area contributed by atoms with E-state index in [0.29, 0.717) is 10.9 Å². The van der Waals surface area contributed by atoms with E-state index in [2.05, 4.69) is 15.4 Å². The van der Waals surface area contributed by atoms with Crippen LogP contribution in [-0.2, 0) is 16.2 Å². The van der Waals surface area contributed by atoms with Gasteiger partial charge in [-0.25, -0.2) is 4.79 Å². The minimum absolute atomic E-state index is 0.199. The number of hydrogen-bond acceptors (Lipinski definition) is 7. The fraction of sp³-hybridized carbons (Fsp3) is 0.167. The second kappa shape index (κ2) is 4.78. The first kappa shape index (κ1) is 12.9. The van der Waals surface area contributed by atoms with E-state index in [0.717, 1.165) is 4.80 Å². The Morgan fingerprint density at radius 1 is 1.19 bits per heavy atom. The summed E-state index contributed by atoms with van der Waals surface area (Å²) >= 11 is 0. The molecule has 2 amide bonds. The first-order valence-corrected chi connectivity index (χ1v) is 5.99. The quantitative estimate of drug-likeness (QED) is 0.715. The van der Waals surface area contributed by atoms with Gasteiger partial charge in [0.2, 0.25) is 0 Å². The predicted molar refractivity (Wildman–Crippen MR) is 65.6 cm³/mol. The number of tetrazole rings is 1. The number of hydroxylamine groups is 2. The lowest BCUT2D eigenvalue weighted by Gasteiger charge is -2.11. The highest BCUT2D eigenvalue weighted by atomic mass is 16.7. The normalized spacial score (nSPS) is 13.5. The molecule has 0 aliphatic carbocycles. The van der Waals surface area contributed by atoms with Gasteiger partial charge >= 0.3 is 5.97 Å². The van der Waals surface area contributed by atoms with Gasteiger partial charge in [-0.2, -0.15) is 4.80 Å². The van der Waals surface area contributed by atoms with Gasteiger partial charge in [-0.1, -0.05) is 17.2 Å². The summed E-state index contributed by atoms with van der Waals surface area (Å²) in [5.74, 6) is -1.80. The number of nitrogens with zero attached hydrogens (tertiary/aromatic N) is 5. The van der Waals surface area contributed by atoms with Gasteiger partial charge in [0.1, 0.15) is 0 Å². The molecule has 2 aromatic rings. The summed E-state index contributed by atoms with van der Waals surface area (Å²) in [4.78, 5) is 41.5. The first-order valence-electron chi connectivity index (χ1n) is 5.99. The molecule has 1 aromatic heterocycles. The molecule has 1 aliphatic rings. The van der Waals surface area contributed by atoms with Crippen molar-refractivity contribution in [2.75, 3.05) is 0 Å². The van der Waals surface area contributed by atoms with E-state index < -0.39 is 17.8 Å². The number of benzene rings is 1. The van der Waals surface area contributed by atoms with Crippen molar-refractivity contribution in [1.82, 2.24) is 25.3 Å². The standard InChI is InChI=1S/C12H9N5O4/c1-7-13-15-16(14-7)6-10(18)21-17-11(19)8-4-2-3-5-9(8)12(17)20/h2-5H,6H2,1H3. The van der Waals surface area contributed by atoms with Crippen LogP contribution in [0.3, 0.4) is 0 Å². The van der Waals surface area contributed by atoms with Crippen molar-refractivity contribution < 1.29 is 19.2 Å². The Bertz CT molecular complexity index is 719. The molecule has 9 heteroatoms. The van der Waals surface area contributed by atoms with E-state index in [1.165, 1.54) is 12.1 Å². The van der Waals surface area contributed by atoms with Crippen molar-refractivity contribution in [3.63, 3.8) is 0 Å². The molecular formula is C12H9N5O4. The maximum atomic E-state index is 12.0. The van der Waals surface area contributed by atoms with Crippen LogP contribution in [0.1, 0.15) is 26.5 Å². The minimum atomic E-state index is -0.845. The van der Waals surface area contributed by atoms with E-state index in [4.69, 9.17) is 4.84 Å². The molecule has 1 aliphatic heterocycles. The number of carbonyl (C=O) groups excluding carboxylic acids is 3. The number of carbonyl (C=O) groups is 3. The molecule has 0 fully saturated rings. The number of hydrogen-bond donors (Lipinski definition) is 0. The lowest BCUT2D eigenvalue weighted by Crippen LogP contribution is -2.34. The molecule has 0 saturated carbocycles. The van der Waals surface area contributed by atoms with Gasteiger partial charge < -0.3 is 4.84 Å². The van der Waals surface area contributed by atoms with Crippen LogP contribution in [0.5, 0.6) is 0 Å². The van der Waals surface area contributed by atoms with E-state index in [9.17, 15) is 14.4 Å². The van der Waals surface area contributed by atoms with Crippen molar-refractivity contribution in [3.05, 3.63) is 41.2 Å². The number of rotatable bonds is 3. The summed E-state index contributed by atoms with van der Waals surface area (Å²) in [7, 11) is 0. The highest BCUT2D eigenvalue weighted by Crippen LogP contribution is 2.22. The van der Waals surface area contributed by atoms with Crippen molar-refractivity contribution in [2.24, 2.45) is 0 Å². The van der Waals surface area contributed by atoms with Crippen molar-refractivity contribution in [1.29, 1.82) is 0 Å². The number of aryl methyl sites for hydroxylation is 1. The molecule has 0 atom stereocenters. The third-order valence-electron chi connectivity index (χ3n) is 2.77. The maximum absolute atomic E-state index is 12.0. The second-order valence-electron chi connectivity index (χ2n) is 4.28. The Hall–Kier alpha value is -3.10. The number of imide groups is 1. The van der Waals surface area contributed by atoms with Crippen LogP contribution >= 0.6 is 0 Å². The van der Waals surface area contributed by atoms with Gasteiger partial charge in [-0.3, -0.25) is 9.59 Å². The Balaban J connectivity index is 1.73. The topological polar surface area (TPSA) is 107 Å². The van der Waals surface area contributed by atoms with Crippen LogP contribution in [0, 0.1) is 6.92 Å². The molecule has 3 rings (SSSR count).